The quantitative estimate of drug-likeness (QED) is 0.0667. The minimum Gasteiger partial charge on any atom is -0.394 e. The lowest BCUT2D eigenvalue weighted by Crippen LogP contribution is -2.60. The van der Waals surface area contributed by atoms with Gasteiger partial charge in [0.25, 0.3) is 0 Å². The number of aliphatic hydroxyl groups is 5. The number of carbonyl (C=O) groups is 1. The minimum atomic E-state index is -1.56. The van der Waals surface area contributed by atoms with Crippen molar-refractivity contribution in [2.24, 2.45) is 0 Å². The molecule has 1 rings (SSSR count). The van der Waals surface area contributed by atoms with E-state index >= 15 is 0 Å². The molecule has 0 aromatic rings. The smallest absolute Gasteiger partial charge is 0.220 e. The van der Waals surface area contributed by atoms with Crippen molar-refractivity contribution in [3.05, 3.63) is 24.3 Å². The number of carbonyl (C=O) groups excluding carboxylic acids is 1. The van der Waals surface area contributed by atoms with Gasteiger partial charge in [-0.05, 0) is 32.1 Å². The van der Waals surface area contributed by atoms with Gasteiger partial charge >= 0.3 is 0 Å². The number of hydrogen-bond donors (Lipinski definition) is 6. The Bertz CT molecular complexity index is 716. The number of unbranched alkanes of at least 4 members (excludes halogenated alkanes) is 13. The van der Waals surface area contributed by atoms with Gasteiger partial charge < -0.3 is 40.3 Å². The molecule has 1 heterocycles. The van der Waals surface area contributed by atoms with Gasteiger partial charge in [-0.3, -0.25) is 4.79 Å². The number of hydrogen-bond acceptors (Lipinski definition) is 8. The molecule has 42 heavy (non-hydrogen) atoms. The van der Waals surface area contributed by atoms with Crippen LogP contribution >= 0.6 is 0 Å². The maximum absolute atomic E-state index is 12.7. The standard InChI is InChI=1S/C33H61NO8/c1-3-5-7-9-11-13-15-17-19-21-23-29(37)34-26(27(36)22-20-18-16-14-12-10-8-6-4-2)25-41-33-32(40)31(39)30(38)28(24-35)42-33/h12,14,20,22,26-28,30-33,35-36,38-40H,3-11,13,15-19,21,23-25H2,1-2H3,(H,34,37)/b14-12+,22-20+/t26-,27+,28+,30+,31?,32?,33+/m0/s1. The lowest BCUT2D eigenvalue weighted by atomic mass is 9.99. The van der Waals surface area contributed by atoms with E-state index in [0.717, 1.165) is 38.5 Å². The molecule has 0 spiro atoms. The predicted octanol–water partition coefficient (Wildman–Crippen LogP) is 4.43. The van der Waals surface area contributed by atoms with Crippen LogP contribution in [-0.2, 0) is 14.3 Å². The zero-order valence-electron chi connectivity index (χ0n) is 26.2. The average Bonchev–Trinajstić information content (AvgIpc) is 2.98. The maximum Gasteiger partial charge on any atom is 0.220 e. The molecule has 1 amide bonds. The Kier molecular flexibility index (Phi) is 23.1. The van der Waals surface area contributed by atoms with Gasteiger partial charge in [-0.15, -0.1) is 0 Å². The predicted molar refractivity (Wildman–Crippen MR) is 166 cm³/mol. The van der Waals surface area contributed by atoms with E-state index in [1.165, 1.54) is 64.2 Å². The fourth-order valence-electron chi connectivity index (χ4n) is 4.99. The Hall–Kier alpha value is -1.33. The van der Waals surface area contributed by atoms with Gasteiger partial charge in [0.15, 0.2) is 6.29 Å². The van der Waals surface area contributed by atoms with Crippen molar-refractivity contribution in [2.75, 3.05) is 13.2 Å². The molecule has 1 fully saturated rings. The van der Waals surface area contributed by atoms with Crippen molar-refractivity contribution >= 4 is 5.91 Å². The molecule has 1 aliphatic rings. The third-order valence-electron chi connectivity index (χ3n) is 7.78. The first-order valence-electron chi connectivity index (χ1n) is 16.6. The molecule has 7 atom stereocenters. The second kappa shape index (κ2) is 25.0. The first-order chi connectivity index (χ1) is 20.3. The van der Waals surface area contributed by atoms with Crippen LogP contribution in [0.4, 0.5) is 0 Å². The number of nitrogens with one attached hydrogen (secondary N) is 1. The number of ether oxygens (including phenoxy) is 2. The Labute approximate surface area is 254 Å². The van der Waals surface area contributed by atoms with Crippen LogP contribution in [0.5, 0.6) is 0 Å². The summed E-state index contributed by atoms with van der Waals surface area (Å²) in [5, 5.41) is 53.5. The summed E-state index contributed by atoms with van der Waals surface area (Å²) in [4.78, 5) is 12.7. The molecular formula is C33H61NO8. The van der Waals surface area contributed by atoms with E-state index in [0.29, 0.717) is 6.42 Å². The largest absolute Gasteiger partial charge is 0.394 e. The summed E-state index contributed by atoms with van der Waals surface area (Å²) in [5.41, 5.74) is 0. The van der Waals surface area contributed by atoms with Gasteiger partial charge in [0, 0.05) is 6.42 Å². The molecule has 2 unspecified atom stereocenters. The van der Waals surface area contributed by atoms with Gasteiger partial charge in [0.2, 0.25) is 5.91 Å². The molecule has 0 bridgehead atoms. The second-order valence-electron chi connectivity index (χ2n) is 11.6. The minimum absolute atomic E-state index is 0.195. The molecule has 0 aromatic carbocycles. The summed E-state index contributed by atoms with van der Waals surface area (Å²) in [5.74, 6) is -0.195. The van der Waals surface area contributed by atoms with Crippen LogP contribution in [0.3, 0.4) is 0 Å². The first-order valence-corrected chi connectivity index (χ1v) is 16.6. The van der Waals surface area contributed by atoms with E-state index in [-0.39, 0.29) is 12.5 Å². The van der Waals surface area contributed by atoms with Crippen molar-refractivity contribution in [1.82, 2.24) is 5.32 Å². The van der Waals surface area contributed by atoms with E-state index < -0.39 is 49.5 Å². The summed E-state index contributed by atoms with van der Waals surface area (Å²) in [6.07, 6.45) is 18.1. The molecule has 9 nitrogen and oxygen atoms in total. The Morgan fingerprint density at radius 3 is 2.00 bits per heavy atom. The summed E-state index contributed by atoms with van der Waals surface area (Å²) in [6, 6.07) is -0.811. The highest BCUT2D eigenvalue weighted by Gasteiger charge is 2.44. The maximum atomic E-state index is 12.7. The van der Waals surface area contributed by atoms with Crippen molar-refractivity contribution < 1.29 is 39.8 Å². The lowest BCUT2D eigenvalue weighted by molar-refractivity contribution is -0.302. The molecule has 0 radical (unpaired) electrons. The van der Waals surface area contributed by atoms with Gasteiger partial charge in [-0.25, -0.2) is 0 Å². The molecule has 1 aliphatic heterocycles. The summed E-state index contributed by atoms with van der Waals surface area (Å²) in [6.45, 7) is 3.64. The molecule has 9 heteroatoms. The van der Waals surface area contributed by atoms with Crippen LogP contribution < -0.4 is 5.32 Å². The normalized spacial score (nSPS) is 24.4. The second-order valence-corrected chi connectivity index (χ2v) is 11.6. The number of amides is 1. The van der Waals surface area contributed by atoms with Crippen LogP contribution in [0, 0.1) is 0 Å². The van der Waals surface area contributed by atoms with E-state index in [4.69, 9.17) is 9.47 Å². The van der Waals surface area contributed by atoms with Crippen LogP contribution in [0.2, 0.25) is 0 Å². The molecule has 246 valence electrons. The van der Waals surface area contributed by atoms with E-state index in [2.05, 4.69) is 31.3 Å². The van der Waals surface area contributed by atoms with E-state index in [1.807, 2.05) is 6.08 Å². The van der Waals surface area contributed by atoms with Crippen molar-refractivity contribution in [3.8, 4) is 0 Å². The molecule has 6 N–H and O–H groups in total. The van der Waals surface area contributed by atoms with E-state index in [1.54, 1.807) is 6.08 Å². The van der Waals surface area contributed by atoms with Gasteiger partial charge in [0.05, 0.1) is 25.4 Å². The highest BCUT2D eigenvalue weighted by molar-refractivity contribution is 5.76. The van der Waals surface area contributed by atoms with E-state index in [9.17, 15) is 30.3 Å². The number of aliphatic hydroxyl groups excluding tert-OH is 5. The van der Waals surface area contributed by atoms with Crippen LogP contribution in [0.1, 0.15) is 123 Å². The summed E-state index contributed by atoms with van der Waals surface area (Å²) >= 11 is 0. The molecule has 0 aliphatic carbocycles. The van der Waals surface area contributed by atoms with Crippen molar-refractivity contribution in [2.45, 2.75) is 166 Å². The van der Waals surface area contributed by atoms with Crippen LogP contribution in [0.25, 0.3) is 0 Å². The number of allylic oxidation sites excluding steroid dienone is 3. The van der Waals surface area contributed by atoms with Gasteiger partial charge in [-0.1, -0.05) is 109 Å². The topological polar surface area (TPSA) is 149 Å². The molecule has 0 aromatic heterocycles. The van der Waals surface area contributed by atoms with Crippen LogP contribution in [-0.4, -0.2) is 87.5 Å². The first kappa shape index (κ1) is 38.7. The van der Waals surface area contributed by atoms with Crippen molar-refractivity contribution in [1.29, 1.82) is 0 Å². The SMILES string of the molecule is CCCCC/C=C/CC/C=C/[C@@H](O)[C@H](CO[C@@H]1O[C@H](CO)[C@@H](O)C(O)C1O)NC(=O)CCCCCCCCCCCC. The van der Waals surface area contributed by atoms with Crippen molar-refractivity contribution in [3.63, 3.8) is 0 Å². The molecular weight excluding hydrogens is 538 g/mol. The zero-order valence-corrected chi connectivity index (χ0v) is 26.2. The summed E-state index contributed by atoms with van der Waals surface area (Å²) < 4.78 is 11.1. The molecule has 1 saturated heterocycles. The third kappa shape index (κ3) is 17.1. The summed E-state index contributed by atoms with van der Waals surface area (Å²) in [7, 11) is 0. The fourth-order valence-corrected chi connectivity index (χ4v) is 4.99. The third-order valence-corrected chi connectivity index (χ3v) is 7.78. The molecule has 0 saturated carbocycles. The highest BCUT2D eigenvalue weighted by atomic mass is 16.7. The monoisotopic (exact) mass is 599 g/mol. The van der Waals surface area contributed by atoms with Gasteiger partial charge in [-0.2, -0.15) is 0 Å². The fraction of sp³-hybridized carbons (Fsp3) is 0.848. The van der Waals surface area contributed by atoms with Gasteiger partial charge in [0.1, 0.15) is 24.4 Å². The average molecular weight is 600 g/mol. The Balaban J connectivity index is 2.57. The zero-order chi connectivity index (χ0) is 31.0. The highest BCUT2D eigenvalue weighted by Crippen LogP contribution is 2.22. The number of rotatable bonds is 25. The lowest BCUT2D eigenvalue weighted by Gasteiger charge is -2.40. The Morgan fingerprint density at radius 2 is 1.36 bits per heavy atom. The Morgan fingerprint density at radius 1 is 0.786 bits per heavy atom. The van der Waals surface area contributed by atoms with Crippen LogP contribution in [0.15, 0.2) is 24.3 Å².